The molecule has 0 aliphatic heterocycles. The van der Waals surface area contributed by atoms with Gasteiger partial charge >= 0.3 is 6.09 Å². The number of ether oxygens (including phenoxy) is 1. The SMILES string of the molecule is CC(C)c1nc(COC(N)=O)n(C)c1Sc1cccc(F)c1. The number of nitrogens with zero attached hydrogens (tertiary/aromatic N) is 2. The normalized spacial score (nSPS) is 11.0. The molecule has 2 aromatic rings. The molecule has 7 heteroatoms. The number of rotatable bonds is 5. The van der Waals surface area contributed by atoms with Crippen LogP contribution >= 0.6 is 11.8 Å². The largest absolute Gasteiger partial charge is 0.442 e. The summed E-state index contributed by atoms with van der Waals surface area (Å²) >= 11 is 1.43. The zero-order chi connectivity index (χ0) is 16.3. The van der Waals surface area contributed by atoms with Crippen LogP contribution in [0.4, 0.5) is 9.18 Å². The average molecular weight is 323 g/mol. The molecule has 0 atom stereocenters. The molecule has 0 saturated heterocycles. The molecule has 118 valence electrons. The third-order valence-corrected chi connectivity index (χ3v) is 4.23. The predicted molar refractivity (Wildman–Crippen MR) is 82.2 cm³/mol. The van der Waals surface area contributed by atoms with Gasteiger partial charge in [-0.25, -0.2) is 14.2 Å². The average Bonchev–Trinajstić information content (AvgIpc) is 2.74. The summed E-state index contributed by atoms with van der Waals surface area (Å²) in [5.41, 5.74) is 5.87. The van der Waals surface area contributed by atoms with Gasteiger partial charge in [0.1, 0.15) is 16.7 Å². The van der Waals surface area contributed by atoms with Crippen LogP contribution in [-0.4, -0.2) is 15.6 Å². The number of halogens is 1. The van der Waals surface area contributed by atoms with Crippen molar-refractivity contribution in [3.63, 3.8) is 0 Å². The molecule has 1 aromatic heterocycles. The van der Waals surface area contributed by atoms with Crippen LogP contribution in [0.5, 0.6) is 0 Å². The lowest BCUT2D eigenvalue weighted by molar-refractivity contribution is 0.146. The van der Waals surface area contributed by atoms with Gasteiger partial charge in [-0.2, -0.15) is 0 Å². The van der Waals surface area contributed by atoms with E-state index in [4.69, 9.17) is 10.5 Å². The van der Waals surface area contributed by atoms with Gasteiger partial charge < -0.3 is 15.0 Å². The second-order valence-corrected chi connectivity index (χ2v) is 6.16. The Morgan fingerprint density at radius 3 is 2.82 bits per heavy atom. The number of imidazole rings is 1. The molecule has 0 bridgehead atoms. The van der Waals surface area contributed by atoms with E-state index in [1.807, 2.05) is 31.5 Å². The van der Waals surface area contributed by atoms with E-state index in [0.717, 1.165) is 15.6 Å². The van der Waals surface area contributed by atoms with E-state index in [2.05, 4.69) is 4.98 Å². The Bertz CT molecular complexity index is 685. The van der Waals surface area contributed by atoms with E-state index in [0.29, 0.717) is 5.82 Å². The van der Waals surface area contributed by atoms with E-state index in [1.54, 1.807) is 6.07 Å². The molecule has 2 N–H and O–H groups in total. The summed E-state index contributed by atoms with van der Waals surface area (Å²) in [6.07, 6.45) is -0.839. The lowest BCUT2D eigenvalue weighted by Crippen LogP contribution is -2.14. The summed E-state index contributed by atoms with van der Waals surface area (Å²) in [6, 6.07) is 6.38. The van der Waals surface area contributed by atoms with Crippen molar-refractivity contribution in [1.29, 1.82) is 0 Å². The Labute approximate surface area is 132 Å². The maximum atomic E-state index is 13.3. The minimum Gasteiger partial charge on any atom is -0.442 e. The summed E-state index contributed by atoms with van der Waals surface area (Å²) in [5.74, 6) is 0.501. The van der Waals surface area contributed by atoms with Crippen LogP contribution in [0.2, 0.25) is 0 Å². The topological polar surface area (TPSA) is 70.1 Å². The lowest BCUT2D eigenvalue weighted by atomic mass is 10.2. The number of hydrogen-bond donors (Lipinski definition) is 1. The first-order valence-corrected chi connectivity index (χ1v) is 7.61. The molecular weight excluding hydrogens is 305 g/mol. The minimum absolute atomic E-state index is 0.00919. The van der Waals surface area contributed by atoms with Gasteiger partial charge in [-0.1, -0.05) is 31.7 Å². The fraction of sp³-hybridized carbons (Fsp3) is 0.333. The molecule has 0 unspecified atom stereocenters. The number of primary amides is 1. The van der Waals surface area contributed by atoms with Gasteiger partial charge in [-0.15, -0.1) is 0 Å². The monoisotopic (exact) mass is 323 g/mol. The molecule has 22 heavy (non-hydrogen) atoms. The van der Waals surface area contributed by atoms with Gasteiger partial charge in [-0.3, -0.25) is 0 Å². The number of aromatic nitrogens is 2. The summed E-state index contributed by atoms with van der Waals surface area (Å²) < 4.78 is 20.0. The zero-order valence-corrected chi connectivity index (χ0v) is 13.5. The molecule has 0 spiro atoms. The second kappa shape index (κ2) is 6.83. The van der Waals surface area contributed by atoms with Gasteiger partial charge in [0.2, 0.25) is 0 Å². The van der Waals surface area contributed by atoms with Crippen LogP contribution in [0, 0.1) is 5.82 Å². The smallest absolute Gasteiger partial charge is 0.404 e. The van der Waals surface area contributed by atoms with Gasteiger partial charge in [0.25, 0.3) is 0 Å². The first-order valence-electron chi connectivity index (χ1n) is 6.79. The van der Waals surface area contributed by atoms with Crippen molar-refractivity contribution in [3.8, 4) is 0 Å². The Kier molecular flexibility index (Phi) is 5.07. The zero-order valence-electron chi connectivity index (χ0n) is 12.7. The van der Waals surface area contributed by atoms with Crippen LogP contribution < -0.4 is 5.73 Å². The van der Waals surface area contributed by atoms with Crippen molar-refractivity contribution in [2.75, 3.05) is 0 Å². The summed E-state index contributed by atoms with van der Waals surface area (Å²) in [5, 5.41) is 0.892. The first-order chi connectivity index (χ1) is 10.4. The fourth-order valence-electron chi connectivity index (χ4n) is 1.95. The molecule has 0 aliphatic rings. The molecule has 0 saturated carbocycles. The highest BCUT2D eigenvalue weighted by atomic mass is 32.2. The van der Waals surface area contributed by atoms with Gasteiger partial charge in [0.15, 0.2) is 6.61 Å². The minimum atomic E-state index is -0.839. The molecule has 0 radical (unpaired) electrons. The van der Waals surface area contributed by atoms with Crippen molar-refractivity contribution in [3.05, 3.63) is 41.6 Å². The van der Waals surface area contributed by atoms with Crippen LogP contribution in [0.25, 0.3) is 0 Å². The van der Waals surface area contributed by atoms with E-state index < -0.39 is 6.09 Å². The Balaban J connectivity index is 2.34. The molecule has 2 rings (SSSR count). The van der Waals surface area contributed by atoms with Gasteiger partial charge in [0.05, 0.1) is 5.69 Å². The maximum Gasteiger partial charge on any atom is 0.404 e. The summed E-state index contributed by atoms with van der Waals surface area (Å²) in [7, 11) is 1.83. The number of hydrogen-bond acceptors (Lipinski definition) is 4. The van der Waals surface area contributed by atoms with E-state index in [9.17, 15) is 9.18 Å². The highest BCUT2D eigenvalue weighted by Crippen LogP contribution is 2.34. The molecular formula is C15H18FN3O2S. The van der Waals surface area contributed by atoms with Gasteiger partial charge in [-0.05, 0) is 24.1 Å². The molecule has 0 fully saturated rings. The fourth-order valence-corrected chi connectivity index (χ4v) is 3.12. The third kappa shape index (κ3) is 3.79. The highest BCUT2D eigenvalue weighted by Gasteiger charge is 2.19. The second-order valence-electron chi connectivity index (χ2n) is 5.10. The van der Waals surface area contributed by atoms with Crippen molar-refractivity contribution in [1.82, 2.24) is 9.55 Å². The third-order valence-electron chi connectivity index (χ3n) is 3.06. The Morgan fingerprint density at radius 2 is 2.23 bits per heavy atom. The van der Waals surface area contributed by atoms with E-state index in [-0.39, 0.29) is 18.3 Å². The van der Waals surface area contributed by atoms with Crippen molar-refractivity contribution in [2.45, 2.75) is 36.3 Å². The van der Waals surface area contributed by atoms with E-state index in [1.165, 1.54) is 23.9 Å². The van der Waals surface area contributed by atoms with Crippen molar-refractivity contribution < 1.29 is 13.9 Å². The number of nitrogens with two attached hydrogens (primary N) is 1. The quantitative estimate of drug-likeness (QED) is 0.915. The number of benzene rings is 1. The van der Waals surface area contributed by atoms with Crippen molar-refractivity contribution >= 4 is 17.9 Å². The van der Waals surface area contributed by atoms with Crippen LogP contribution in [-0.2, 0) is 18.4 Å². The summed E-state index contributed by atoms with van der Waals surface area (Å²) in [4.78, 5) is 16.1. The molecule has 1 amide bonds. The molecule has 1 aromatic carbocycles. The number of amides is 1. The molecule has 0 aliphatic carbocycles. The number of carbonyl (C=O) groups is 1. The first kappa shape index (κ1) is 16.4. The number of carbonyl (C=O) groups excluding carboxylic acids is 1. The van der Waals surface area contributed by atoms with Crippen LogP contribution in [0.1, 0.15) is 31.3 Å². The van der Waals surface area contributed by atoms with Crippen LogP contribution in [0.15, 0.2) is 34.2 Å². The Morgan fingerprint density at radius 1 is 1.50 bits per heavy atom. The molecule has 1 heterocycles. The highest BCUT2D eigenvalue weighted by molar-refractivity contribution is 7.99. The Hall–Kier alpha value is -2.02. The molecule has 5 nitrogen and oxygen atoms in total. The lowest BCUT2D eigenvalue weighted by Gasteiger charge is -2.08. The van der Waals surface area contributed by atoms with Crippen LogP contribution in [0.3, 0.4) is 0 Å². The van der Waals surface area contributed by atoms with E-state index >= 15 is 0 Å². The standard InChI is InChI=1S/C15H18FN3O2S/c1-9(2)13-14(22-11-6-4-5-10(16)7-11)19(3)12(18-13)8-21-15(17)20/h4-7,9H,8H2,1-3H3,(H2,17,20). The van der Waals surface area contributed by atoms with Crippen molar-refractivity contribution in [2.24, 2.45) is 12.8 Å². The maximum absolute atomic E-state index is 13.3. The van der Waals surface area contributed by atoms with Gasteiger partial charge in [0, 0.05) is 11.9 Å². The predicted octanol–water partition coefficient (Wildman–Crippen LogP) is 3.43. The summed E-state index contributed by atoms with van der Waals surface area (Å²) in [6.45, 7) is 4.06.